The van der Waals surface area contributed by atoms with E-state index in [-0.39, 0.29) is 12.0 Å². The number of rotatable bonds is 4. The zero-order valence-electron chi connectivity index (χ0n) is 19.8. The van der Waals surface area contributed by atoms with Gasteiger partial charge in [-0.25, -0.2) is 0 Å². The summed E-state index contributed by atoms with van der Waals surface area (Å²) in [6.45, 7) is 3.06. The summed E-state index contributed by atoms with van der Waals surface area (Å²) < 4.78 is 4.27. The van der Waals surface area contributed by atoms with E-state index in [1.54, 1.807) is 6.33 Å². The summed E-state index contributed by atoms with van der Waals surface area (Å²) in [5.41, 5.74) is 7.16. The molecule has 2 aliphatic rings. The lowest BCUT2D eigenvalue weighted by atomic mass is 10.1. The van der Waals surface area contributed by atoms with E-state index in [9.17, 15) is 5.11 Å². The van der Waals surface area contributed by atoms with E-state index in [2.05, 4.69) is 75.2 Å². The first-order valence-corrected chi connectivity index (χ1v) is 11.8. The molecule has 176 valence electrons. The van der Waals surface area contributed by atoms with Crippen molar-refractivity contribution in [3.63, 3.8) is 0 Å². The molecule has 1 fully saturated rings. The maximum absolute atomic E-state index is 10.6. The van der Waals surface area contributed by atoms with E-state index in [0.29, 0.717) is 18.7 Å². The van der Waals surface area contributed by atoms with Crippen LogP contribution in [0.2, 0.25) is 0 Å². The number of aromatic nitrogens is 4. The molecular formula is C27H27N7O. The lowest BCUT2D eigenvalue weighted by Crippen LogP contribution is -2.29. The second kappa shape index (κ2) is 8.38. The highest BCUT2D eigenvalue weighted by atomic mass is 16.3. The molecule has 0 bridgehead atoms. The third-order valence-electron chi connectivity index (χ3n) is 7.06. The van der Waals surface area contributed by atoms with E-state index in [0.717, 1.165) is 47.1 Å². The number of nitriles is 1. The minimum Gasteiger partial charge on any atom is -0.391 e. The lowest BCUT2D eigenvalue weighted by molar-refractivity contribution is 0.130. The molecule has 0 radical (unpaired) electrons. The average molecular weight is 466 g/mol. The smallest absolute Gasteiger partial charge is 0.185 e. The van der Waals surface area contributed by atoms with Gasteiger partial charge in [0.25, 0.3) is 0 Å². The predicted molar refractivity (Wildman–Crippen MR) is 134 cm³/mol. The third-order valence-corrected chi connectivity index (χ3v) is 7.06. The molecule has 4 aromatic rings. The number of aliphatic hydroxyl groups excluding tert-OH is 1. The summed E-state index contributed by atoms with van der Waals surface area (Å²) in [5, 5.41) is 28.4. The molecule has 35 heavy (non-hydrogen) atoms. The summed E-state index contributed by atoms with van der Waals surface area (Å²) >= 11 is 0. The zero-order chi connectivity index (χ0) is 24.1. The number of nitrogens with zero attached hydrogens (tertiary/aromatic N) is 7. The van der Waals surface area contributed by atoms with Crippen LogP contribution in [0.4, 0.5) is 5.69 Å². The average Bonchev–Trinajstić information content (AvgIpc) is 3.56. The van der Waals surface area contributed by atoms with Gasteiger partial charge in [0.2, 0.25) is 0 Å². The summed E-state index contributed by atoms with van der Waals surface area (Å²) in [4.78, 5) is 4.43. The molecule has 2 aromatic heterocycles. The van der Waals surface area contributed by atoms with Crippen LogP contribution < -0.4 is 4.90 Å². The Morgan fingerprint density at radius 2 is 1.91 bits per heavy atom. The summed E-state index contributed by atoms with van der Waals surface area (Å²) in [7, 11) is 4.10. The van der Waals surface area contributed by atoms with E-state index < -0.39 is 0 Å². The number of aliphatic hydroxyl groups is 1. The molecule has 0 aliphatic carbocycles. The molecule has 0 amide bonds. The van der Waals surface area contributed by atoms with Gasteiger partial charge >= 0.3 is 0 Å². The van der Waals surface area contributed by atoms with E-state index in [1.165, 1.54) is 5.56 Å². The summed E-state index contributed by atoms with van der Waals surface area (Å²) in [6, 6.07) is 18.5. The molecule has 1 saturated heterocycles. The molecule has 0 spiro atoms. The van der Waals surface area contributed by atoms with Gasteiger partial charge in [0, 0.05) is 49.5 Å². The van der Waals surface area contributed by atoms with E-state index in [4.69, 9.17) is 5.26 Å². The topological polar surface area (TPSA) is 86.1 Å². The van der Waals surface area contributed by atoms with E-state index in [1.807, 2.05) is 28.8 Å². The first-order chi connectivity index (χ1) is 17.0. The van der Waals surface area contributed by atoms with Gasteiger partial charge in [0.05, 0.1) is 29.1 Å². The van der Waals surface area contributed by atoms with Crippen molar-refractivity contribution in [3.05, 3.63) is 72.2 Å². The van der Waals surface area contributed by atoms with Crippen molar-refractivity contribution in [1.82, 2.24) is 24.2 Å². The Hall–Kier alpha value is -3.93. The molecule has 0 saturated carbocycles. The highest BCUT2D eigenvalue weighted by Crippen LogP contribution is 2.35. The fourth-order valence-corrected chi connectivity index (χ4v) is 5.34. The fourth-order valence-electron chi connectivity index (χ4n) is 5.34. The number of benzene rings is 2. The Labute approximate surface area is 204 Å². The molecule has 8 nitrogen and oxygen atoms in total. The van der Waals surface area contributed by atoms with Gasteiger partial charge in [-0.3, -0.25) is 4.57 Å². The van der Waals surface area contributed by atoms with Gasteiger partial charge in [-0.05, 0) is 61.6 Å². The number of anilines is 1. The van der Waals surface area contributed by atoms with Crippen LogP contribution in [0.5, 0.6) is 0 Å². The van der Waals surface area contributed by atoms with Crippen LogP contribution in [-0.4, -0.2) is 69.2 Å². The standard InChI is InChI=1S/C27H27N7O/c1-31(2)12-22-15-32(16-26(22)35)23-7-8-24-21(9-23)14-33-13-20(19-5-3-18(11-28)4-6-19)10-25(33)27-30-29-17-34(24)27/h3-10,13,17,22,26,35H,12,14-16H2,1-2H3. The molecule has 2 aliphatic heterocycles. The predicted octanol–water partition coefficient (Wildman–Crippen LogP) is 2.99. The Bertz CT molecular complexity index is 1430. The van der Waals surface area contributed by atoms with Crippen LogP contribution in [0.1, 0.15) is 11.1 Å². The van der Waals surface area contributed by atoms with Crippen molar-refractivity contribution in [3.8, 4) is 34.4 Å². The number of fused-ring (bicyclic) bond motifs is 5. The lowest BCUT2D eigenvalue weighted by Gasteiger charge is -2.21. The van der Waals surface area contributed by atoms with Crippen molar-refractivity contribution in [2.75, 3.05) is 38.6 Å². The monoisotopic (exact) mass is 465 g/mol. The van der Waals surface area contributed by atoms with Crippen LogP contribution in [0, 0.1) is 17.2 Å². The molecule has 8 heteroatoms. The van der Waals surface area contributed by atoms with Crippen LogP contribution >= 0.6 is 0 Å². The van der Waals surface area contributed by atoms with Gasteiger partial charge in [-0.2, -0.15) is 5.26 Å². The maximum atomic E-state index is 10.6. The second-order valence-electron chi connectivity index (χ2n) is 9.76. The van der Waals surface area contributed by atoms with Crippen LogP contribution in [0.3, 0.4) is 0 Å². The molecule has 6 rings (SSSR count). The Morgan fingerprint density at radius 3 is 2.69 bits per heavy atom. The van der Waals surface area contributed by atoms with Gasteiger partial charge in [0.1, 0.15) is 6.33 Å². The first kappa shape index (κ1) is 21.6. The summed E-state index contributed by atoms with van der Waals surface area (Å²) in [6.07, 6.45) is 3.58. The molecule has 2 aromatic carbocycles. The van der Waals surface area contributed by atoms with Crippen LogP contribution in [0.25, 0.3) is 28.3 Å². The normalized spacial score (nSPS) is 18.7. The van der Waals surface area contributed by atoms with Crippen molar-refractivity contribution in [1.29, 1.82) is 5.26 Å². The summed E-state index contributed by atoms with van der Waals surface area (Å²) in [5.74, 6) is 1.04. The van der Waals surface area contributed by atoms with Crippen LogP contribution in [-0.2, 0) is 6.54 Å². The highest BCUT2D eigenvalue weighted by Gasteiger charge is 2.32. The first-order valence-electron chi connectivity index (χ1n) is 11.8. The molecule has 4 heterocycles. The van der Waals surface area contributed by atoms with Gasteiger partial charge in [-0.1, -0.05) is 12.1 Å². The Morgan fingerprint density at radius 1 is 1.09 bits per heavy atom. The number of hydrogen-bond donors (Lipinski definition) is 1. The van der Waals surface area contributed by atoms with Crippen molar-refractivity contribution >= 4 is 5.69 Å². The van der Waals surface area contributed by atoms with Crippen molar-refractivity contribution in [2.24, 2.45) is 5.92 Å². The molecule has 2 unspecified atom stereocenters. The minimum absolute atomic E-state index is 0.235. The van der Waals surface area contributed by atoms with Crippen molar-refractivity contribution < 1.29 is 5.11 Å². The third kappa shape index (κ3) is 3.79. The molecule has 2 atom stereocenters. The molecule has 1 N–H and O–H groups in total. The Kier molecular flexibility index (Phi) is 5.17. The SMILES string of the molecule is CN(C)CC1CN(c2ccc3c(c2)Cn2cc(-c4ccc(C#N)cc4)cc2-c2nncn2-3)CC1O. The molecular weight excluding hydrogens is 438 g/mol. The quantitative estimate of drug-likeness (QED) is 0.439. The second-order valence-corrected chi connectivity index (χ2v) is 9.76. The highest BCUT2D eigenvalue weighted by molar-refractivity contribution is 5.72. The van der Waals surface area contributed by atoms with E-state index >= 15 is 0 Å². The zero-order valence-corrected chi connectivity index (χ0v) is 19.8. The maximum Gasteiger partial charge on any atom is 0.185 e. The van der Waals surface area contributed by atoms with Crippen LogP contribution in [0.15, 0.2) is 61.1 Å². The van der Waals surface area contributed by atoms with Gasteiger partial charge in [-0.15, -0.1) is 10.2 Å². The number of β-amino-alcohol motifs (C(OH)–C–C–N with tert-alkyl or cyclic N) is 1. The Balaban J connectivity index is 1.36. The largest absolute Gasteiger partial charge is 0.391 e. The minimum atomic E-state index is -0.327. The van der Waals surface area contributed by atoms with Crippen molar-refractivity contribution in [2.45, 2.75) is 12.6 Å². The number of hydrogen-bond acceptors (Lipinski definition) is 6. The fraction of sp³-hybridized carbons (Fsp3) is 0.296. The van der Waals surface area contributed by atoms with Gasteiger partial charge in [0.15, 0.2) is 5.82 Å². The van der Waals surface area contributed by atoms with Gasteiger partial charge < -0.3 is 19.5 Å².